The van der Waals surface area contributed by atoms with Gasteiger partial charge in [0.1, 0.15) is 6.54 Å². The SMILES string of the molecule is C[C@@H](NC(=O)Cn1c(-c2ccccc2)noc1=O)C1CC1. The van der Waals surface area contributed by atoms with E-state index in [-0.39, 0.29) is 18.5 Å². The summed E-state index contributed by atoms with van der Waals surface area (Å²) < 4.78 is 5.95. The standard InChI is InChI=1S/C15H17N3O3/c1-10(11-7-8-11)16-13(19)9-18-14(17-21-15(18)20)12-5-3-2-4-6-12/h2-6,10-11H,7-9H2,1H3,(H,16,19)/t10-/m1/s1. The monoisotopic (exact) mass is 287 g/mol. The highest BCUT2D eigenvalue weighted by Crippen LogP contribution is 2.32. The van der Waals surface area contributed by atoms with Crippen LogP contribution in [0.1, 0.15) is 19.8 Å². The van der Waals surface area contributed by atoms with E-state index in [1.807, 2.05) is 37.3 Å². The lowest BCUT2D eigenvalue weighted by Crippen LogP contribution is -2.38. The Morgan fingerprint density at radius 2 is 2.14 bits per heavy atom. The molecule has 0 saturated heterocycles. The van der Waals surface area contributed by atoms with Crippen LogP contribution in [-0.4, -0.2) is 21.7 Å². The fourth-order valence-corrected chi connectivity index (χ4v) is 2.36. The van der Waals surface area contributed by atoms with Gasteiger partial charge in [0.2, 0.25) is 5.91 Å². The van der Waals surface area contributed by atoms with Gasteiger partial charge in [0.25, 0.3) is 0 Å². The van der Waals surface area contributed by atoms with Gasteiger partial charge in [-0.25, -0.2) is 9.36 Å². The van der Waals surface area contributed by atoms with Crippen molar-refractivity contribution in [3.05, 3.63) is 40.9 Å². The van der Waals surface area contributed by atoms with Gasteiger partial charge in [0.15, 0.2) is 5.82 Å². The smallest absolute Gasteiger partial charge is 0.352 e. The molecular weight excluding hydrogens is 270 g/mol. The third kappa shape index (κ3) is 3.04. The summed E-state index contributed by atoms with van der Waals surface area (Å²) in [6.45, 7) is 1.91. The molecule has 110 valence electrons. The van der Waals surface area contributed by atoms with Gasteiger partial charge in [-0.05, 0) is 25.7 Å². The molecule has 3 rings (SSSR count). The Morgan fingerprint density at radius 3 is 2.81 bits per heavy atom. The summed E-state index contributed by atoms with van der Waals surface area (Å²) in [7, 11) is 0. The molecule has 6 heteroatoms. The van der Waals surface area contributed by atoms with Gasteiger partial charge < -0.3 is 5.32 Å². The number of carbonyl (C=O) groups excluding carboxylic acids is 1. The summed E-state index contributed by atoms with van der Waals surface area (Å²) in [6.07, 6.45) is 2.31. The van der Waals surface area contributed by atoms with Crippen molar-refractivity contribution in [3.63, 3.8) is 0 Å². The molecule has 2 aromatic rings. The number of nitrogens with zero attached hydrogens (tertiary/aromatic N) is 2. The van der Waals surface area contributed by atoms with Gasteiger partial charge in [0, 0.05) is 11.6 Å². The number of aromatic nitrogens is 2. The lowest BCUT2D eigenvalue weighted by atomic mass is 10.2. The van der Waals surface area contributed by atoms with Gasteiger partial charge in [-0.3, -0.25) is 9.32 Å². The van der Waals surface area contributed by atoms with E-state index < -0.39 is 5.76 Å². The Kier molecular flexibility index (Phi) is 3.60. The molecule has 1 N–H and O–H groups in total. The number of hydrogen-bond acceptors (Lipinski definition) is 4. The molecule has 0 aliphatic heterocycles. The molecule has 1 amide bonds. The van der Waals surface area contributed by atoms with Crippen molar-refractivity contribution < 1.29 is 9.32 Å². The van der Waals surface area contributed by atoms with E-state index >= 15 is 0 Å². The zero-order valence-corrected chi connectivity index (χ0v) is 11.8. The first-order valence-electron chi connectivity index (χ1n) is 7.06. The van der Waals surface area contributed by atoms with Crippen molar-refractivity contribution in [3.8, 4) is 11.4 Å². The molecule has 1 aromatic carbocycles. The summed E-state index contributed by atoms with van der Waals surface area (Å²) >= 11 is 0. The number of hydrogen-bond donors (Lipinski definition) is 1. The Balaban J connectivity index is 1.77. The first kappa shape index (κ1) is 13.6. The number of nitrogens with one attached hydrogen (secondary N) is 1. The minimum absolute atomic E-state index is 0.0797. The van der Waals surface area contributed by atoms with E-state index in [0.717, 1.165) is 18.4 Å². The van der Waals surface area contributed by atoms with Crippen LogP contribution < -0.4 is 11.1 Å². The number of carbonyl (C=O) groups is 1. The molecule has 0 unspecified atom stereocenters. The average Bonchev–Trinajstić information content (AvgIpc) is 3.27. The van der Waals surface area contributed by atoms with Crippen LogP contribution >= 0.6 is 0 Å². The van der Waals surface area contributed by atoms with E-state index in [4.69, 9.17) is 4.52 Å². The average molecular weight is 287 g/mol. The molecule has 1 aliphatic rings. The maximum atomic E-state index is 12.0. The highest BCUT2D eigenvalue weighted by atomic mass is 16.5. The predicted molar refractivity (Wildman–Crippen MR) is 76.5 cm³/mol. The Hall–Kier alpha value is -2.37. The minimum atomic E-state index is -0.622. The highest BCUT2D eigenvalue weighted by Gasteiger charge is 2.29. The summed E-state index contributed by atoms with van der Waals surface area (Å²) in [5.74, 6) is 0.122. The third-order valence-electron chi connectivity index (χ3n) is 3.74. The molecule has 6 nitrogen and oxygen atoms in total. The number of rotatable bonds is 5. The molecular formula is C15H17N3O3. The zero-order chi connectivity index (χ0) is 14.8. The molecule has 1 fully saturated rings. The van der Waals surface area contributed by atoms with E-state index in [2.05, 4.69) is 10.5 Å². The second-order valence-electron chi connectivity index (χ2n) is 5.42. The van der Waals surface area contributed by atoms with E-state index in [1.165, 1.54) is 4.57 Å². The molecule has 1 aliphatic carbocycles. The normalized spacial score (nSPS) is 15.7. The maximum Gasteiger partial charge on any atom is 0.442 e. The Bertz CT molecular complexity index is 686. The Morgan fingerprint density at radius 1 is 1.43 bits per heavy atom. The number of benzene rings is 1. The highest BCUT2D eigenvalue weighted by molar-refractivity contribution is 5.76. The summed E-state index contributed by atoms with van der Waals surface area (Å²) in [5, 5.41) is 6.68. The van der Waals surface area contributed by atoms with Crippen LogP contribution in [0.15, 0.2) is 39.6 Å². The van der Waals surface area contributed by atoms with Crippen LogP contribution in [0.3, 0.4) is 0 Å². The lowest BCUT2D eigenvalue weighted by Gasteiger charge is -2.12. The first-order chi connectivity index (χ1) is 10.1. The summed E-state index contributed by atoms with van der Waals surface area (Å²) in [4.78, 5) is 23.8. The fraction of sp³-hybridized carbons (Fsp3) is 0.400. The molecule has 1 heterocycles. The van der Waals surface area contributed by atoms with Crippen LogP contribution in [0.2, 0.25) is 0 Å². The molecule has 1 atom stereocenters. The maximum absolute atomic E-state index is 12.0. The van der Waals surface area contributed by atoms with Gasteiger partial charge in [-0.2, -0.15) is 0 Å². The quantitative estimate of drug-likeness (QED) is 0.902. The van der Waals surface area contributed by atoms with Gasteiger partial charge in [0.05, 0.1) is 0 Å². The predicted octanol–water partition coefficient (Wildman–Crippen LogP) is 1.42. The third-order valence-corrected chi connectivity index (χ3v) is 3.74. The zero-order valence-electron chi connectivity index (χ0n) is 11.8. The summed E-state index contributed by atoms with van der Waals surface area (Å²) in [6, 6.07) is 9.34. The van der Waals surface area contributed by atoms with Crippen LogP contribution in [0, 0.1) is 5.92 Å². The first-order valence-corrected chi connectivity index (χ1v) is 7.06. The van der Waals surface area contributed by atoms with Crippen molar-refractivity contribution in [2.24, 2.45) is 5.92 Å². The van der Waals surface area contributed by atoms with E-state index in [0.29, 0.717) is 11.7 Å². The van der Waals surface area contributed by atoms with Crippen molar-refractivity contribution in [1.82, 2.24) is 15.0 Å². The second kappa shape index (κ2) is 5.55. The van der Waals surface area contributed by atoms with Gasteiger partial charge in [-0.1, -0.05) is 35.5 Å². The molecule has 21 heavy (non-hydrogen) atoms. The van der Waals surface area contributed by atoms with Crippen molar-refractivity contribution >= 4 is 5.91 Å². The van der Waals surface area contributed by atoms with Gasteiger partial charge in [-0.15, -0.1) is 0 Å². The fourth-order valence-electron chi connectivity index (χ4n) is 2.36. The molecule has 1 aromatic heterocycles. The second-order valence-corrected chi connectivity index (χ2v) is 5.42. The largest absolute Gasteiger partial charge is 0.442 e. The molecule has 0 radical (unpaired) electrons. The lowest BCUT2D eigenvalue weighted by molar-refractivity contribution is -0.122. The van der Waals surface area contributed by atoms with Crippen LogP contribution in [0.4, 0.5) is 0 Å². The molecule has 1 saturated carbocycles. The van der Waals surface area contributed by atoms with Crippen molar-refractivity contribution in [1.29, 1.82) is 0 Å². The van der Waals surface area contributed by atoms with Crippen LogP contribution in [0.25, 0.3) is 11.4 Å². The van der Waals surface area contributed by atoms with Crippen molar-refractivity contribution in [2.75, 3.05) is 0 Å². The van der Waals surface area contributed by atoms with Crippen molar-refractivity contribution in [2.45, 2.75) is 32.4 Å². The van der Waals surface area contributed by atoms with E-state index in [9.17, 15) is 9.59 Å². The van der Waals surface area contributed by atoms with Crippen LogP contribution in [0.5, 0.6) is 0 Å². The number of amides is 1. The van der Waals surface area contributed by atoms with E-state index in [1.54, 1.807) is 0 Å². The minimum Gasteiger partial charge on any atom is -0.352 e. The Labute approximate surface area is 121 Å². The summed E-state index contributed by atoms with van der Waals surface area (Å²) in [5.41, 5.74) is 0.742. The molecule has 0 bridgehead atoms. The molecule has 0 spiro atoms. The van der Waals surface area contributed by atoms with Gasteiger partial charge >= 0.3 is 5.76 Å². The van der Waals surface area contributed by atoms with Crippen LogP contribution in [-0.2, 0) is 11.3 Å². The topological polar surface area (TPSA) is 77.1 Å².